The predicted octanol–water partition coefficient (Wildman–Crippen LogP) is 3.70. The molecule has 2 aromatic carbocycles. The summed E-state index contributed by atoms with van der Waals surface area (Å²) in [7, 11) is 0. The zero-order chi connectivity index (χ0) is 15.7. The third-order valence-electron chi connectivity index (χ3n) is 4.14. The van der Waals surface area contributed by atoms with Crippen LogP contribution >= 0.6 is 0 Å². The molecule has 0 saturated heterocycles. The molecule has 0 aliphatic carbocycles. The molecule has 0 radical (unpaired) electrons. The number of carbonyl (C=O) groups is 1. The molecule has 1 atom stereocenters. The monoisotopic (exact) mass is 292 g/mol. The number of nitrogens with one attached hydrogen (secondary N) is 1. The molecule has 1 N–H and O–H groups in total. The van der Waals surface area contributed by atoms with Gasteiger partial charge in [-0.1, -0.05) is 60.2 Å². The van der Waals surface area contributed by atoms with Crippen molar-refractivity contribution in [2.24, 2.45) is 5.10 Å². The molecule has 0 bridgehead atoms. The van der Waals surface area contributed by atoms with Gasteiger partial charge in [0.15, 0.2) is 0 Å². The maximum absolute atomic E-state index is 12.8. The van der Waals surface area contributed by atoms with Crippen molar-refractivity contribution in [1.82, 2.24) is 5.43 Å². The van der Waals surface area contributed by atoms with Crippen molar-refractivity contribution in [3.63, 3.8) is 0 Å². The van der Waals surface area contributed by atoms with E-state index in [9.17, 15) is 4.79 Å². The molecule has 3 nitrogen and oxygen atoms in total. The molecule has 1 aliphatic heterocycles. The molecule has 0 saturated carbocycles. The lowest BCUT2D eigenvalue weighted by Crippen LogP contribution is -2.39. The number of carbonyl (C=O) groups excluding carboxylic acids is 1. The third kappa shape index (κ3) is 2.54. The van der Waals surface area contributed by atoms with Gasteiger partial charge in [-0.05, 0) is 26.3 Å². The lowest BCUT2D eigenvalue weighted by atomic mass is 9.78. The number of hydrogen-bond donors (Lipinski definition) is 1. The zero-order valence-corrected chi connectivity index (χ0v) is 13.1. The topological polar surface area (TPSA) is 41.5 Å². The molecule has 1 aliphatic rings. The summed E-state index contributed by atoms with van der Waals surface area (Å²) in [5.74, 6) is -0.0648. The number of Topliss-reactive ketones (excluding diaryl/α,β-unsaturated/α-hetero) is 1. The minimum Gasteiger partial charge on any atom is -0.303 e. The highest BCUT2D eigenvalue weighted by Gasteiger charge is 2.42. The predicted molar refractivity (Wildman–Crippen MR) is 89.3 cm³/mol. The standard InChI is InChI=1S/C19H20N2O/c1-13-9-11-14(12-10-13)16-17(20-21-19(16,2)3)18(22)15-7-5-4-6-8-15/h4-12,16,21H,1-3H3/t16-/m0/s1. The maximum atomic E-state index is 12.8. The van der Waals surface area contributed by atoms with E-state index < -0.39 is 0 Å². The van der Waals surface area contributed by atoms with Crippen molar-refractivity contribution in [1.29, 1.82) is 0 Å². The molecular weight excluding hydrogens is 272 g/mol. The van der Waals surface area contributed by atoms with Gasteiger partial charge in [-0.3, -0.25) is 4.79 Å². The second kappa shape index (κ2) is 5.41. The first-order chi connectivity index (χ1) is 10.5. The molecular formula is C19H20N2O. The summed E-state index contributed by atoms with van der Waals surface area (Å²) in [5.41, 5.74) is 6.43. The van der Waals surface area contributed by atoms with E-state index in [-0.39, 0.29) is 17.2 Å². The van der Waals surface area contributed by atoms with Gasteiger partial charge in [0.2, 0.25) is 5.78 Å². The van der Waals surface area contributed by atoms with Crippen LogP contribution in [-0.4, -0.2) is 17.0 Å². The van der Waals surface area contributed by atoms with Crippen LogP contribution in [0.15, 0.2) is 59.7 Å². The molecule has 22 heavy (non-hydrogen) atoms. The molecule has 3 rings (SSSR count). The first kappa shape index (κ1) is 14.5. The summed E-state index contributed by atoms with van der Waals surface area (Å²) in [6.07, 6.45) is 0. The van der Waals surface area contributed by atoms with Gasteiger partial charge in [0.25, 0.3) is 0 Å². The fourth-order valence-electron chi connectivity index (χ4n) is 2.93. The normalized spacial score (nSPS) is 19.4. The van der Waals surface area contributed by atoms with Gasteiger partial charge in [-0.15, -0.1) is 0 Å². The fourth-order valence-corrected chi connectivity index (χ4v) is 2.93. The van der Waals surface area contributed by atoms with Gasteiger partial charge < -0.3 is 5.43 Å². The van der Waals surface area contributed by atoms with Crippen molar-refractivity contribution >= 4 is 11.5 Å². The van der Waals surface area contributed by atoms with Crippen LogP contribution in [-0.2, 0) is 0 Å². The van der Waals surface area contributed by atoms with Gasteiger partial charge in [0.05, 0.1) is 11.5 Å². The summed E-state index contributed by atoms with van der Waals surface area (Å²) < 4.78 is 0. The zero-order valence-electron chi connectivity index (χ0n) is 13.1. The molecule has 112 valence electrons. The van der Waals surface area contributed by atoms with Crippen LogP contribution in [0.25, 0.3) is 0 Å². The smallest absolute Gasteiger partial charge is 0.209 e. The molecule has 0 fully saturated rings. The Morgan fingerprint density at radius 3 is 2.32 bits per heavy atom. The minimum absolute atomic E-state index is 0.00995. The molecule has 3 heteroatoms. The third-order valence-corrected chi connectivity index (χ3v) is 4.14. The van der Waals surface area contributed by atoms with Crippen molar-refractivity contribution in [3.05, 3.63) is 71.3 Å². The summed E-state index contributed by atoms with van der Waals surface area (Å²) in [5, 5.41) is 4.36. The second-order valence-corrected chi connectivity index (χ2v) is 6.37. The van der Waals surface area contributed by atoms with Gasteiger partial charge in [-0.25, -0.2) is 0 Å². The molecule has 0 aromatic heterocycles. The van der Waals surface area contributed by atoms with E-state index in [0.717, 1.165) is 5.56 Å². The summed E-state index contributed by atoms with van der Waals surface area (Å²) in [6, 6.07) is 17.7. The first-order valence-electron chi connectivity index (χ1n) is 7.50. The number of ketones is 1. The Morgan fingerprint density at radius 1 is 1.05 bits per heavy atom. The average Bonchev–Trinajstić information content (AvgIpc) is 2.84. The van der Waals surface area contributed by atoms with Crippen LogP contribution in [0.3, 0.4) is 0 Å². The Kier molecular flexibility index (Phi) is 3.57. The molecule has 0 unspecified atom stereocenters. The van der Waals surface area contributed by atoms with Gasteiger partial charge in [0.1, 0.15) is 5.71 Å². The van der Waals surface area contributed by atoms with Crippen molar-refractivity contribution in [3.8, 4) is 0 Å². The van der Waals surface area contributed by atoms with E-state index in [1.807, 2.05) is 30.3 Å². The Morgan fingerprint density at radius 2 is 1.68 bits per heavy atom. The fraction of sp³-hybridized carbons (Fsp3) is 0.263. The van der Waals surface area contributed by atoms with Crippen molar-refractivity contribution < 1.29 is 4.79 Å². The van der Waals surface area contributed by atoms with Gasteiger partial charge >= 0.3 is 0 Å². The number of rotatable bonds is 3. The number of hydrazone groups is 1. The number of hydrogen-bond acceptors (Lipinski definition) is 3. The van der Waals surface area contributed by atoms with Crippen LogP contribution in [0, 0.1) is 6.92 Å². The van der Waals surface area contributed by atoms with Crippen LogP contribution in [0.5, 0.6) is 0 Å². The van der Waals surface area contributed by atoms with Crippen LogP contribution in [0.2, 0.25) is 0 Å². The highest BCUT2D eigenvalue weighted by molar-refractivity contribution is 6.48. The van der Waals surface area contributed by atoms with Crippen LogP contribution < -0.4 is 5.43 Å². The highest BCUT2D eigenvalue weighted by atomic mass is 16.1. The van der Waals surface area contributed by atoms with Gasteiger partial charge in [0, 0.05) is 5.56 Å². The van der Waals surface area contributed by atoms with E-state index in [4.69, 9.17) is 0 Å². The molecule has 1 heterocycles. The Balaban J connectivity index is 2.00. The summed E-state index contributed by atoms with van der Waals surface area (Å²) in [4.78, 5) is 12.8. The van der Waals surface area contributed by atoms with Crippen LogP contribution in [0.1, 0.15) is 41.3 Å². The number of benzene rings is 2. The summed E-state index contributed by atoms with van der Waals surface area (Å²) in [6.45, 7) is 6.21. The average molecular weight is 292 g/mol. The maximum Gasteiger partial charge on any atom is 0.209 e. The second-order valence-electron chi connectivity index (χ2n) is 6.37. The molecule has 0 amide bonds. The largest absolute Gasteiger partial charge is 0.303 e. The quantitative estimate of drug-likeness (QED) is 0.876. The lowest BCUT2D eigenvalue weighted by Gasteiger charge is -2.27. The van der Waals surface area contributed by atoms with Crippen molar-refractivity contribution in [2.45, 2.75) is 32.2 Å². The lowest BCUT2D eigenvalue weighted by molar-refractivity contribution is 0.106. The Labute approximate surface area is 131 Å². The highest BCUT2D eigenvalue weighted by Crippen LogP contribution is 2.34. The van der Waals surface area contributed by atoms with E-state index in [1.54, 1.807) is 0 Å². The SMILES string of the molecule is Cc1ccc([C@H]2C(C(=O)c3ccccc3)=NNC2(C)C)cc1. The number of aryl methyl sites for hydroxylation is 1. The summed E-state index contributed by atoms with van der Waals surface area (Å²) >= 11 is 0. The van der Waals surface area contributed by atoms with Crippen molar-refractivity contribution in [2.75, 3.05) is 0 Å². The molecule has 2 aromatic rings. The van der Waals surface area contributed by atoms with E-state index in [1.165, 1.54) is 5.56 Å². The van der Waals surface area contributed by atoms with E-state index in [2.05, 4.69) is 55.6 Å². The Hall–Kier alpha value is -2.42. The molecule has 0 spiro atoms. The minimum atomic E-state index is -0.283. The Bertz CT molecular complexity index is 715. The van der Waals surface area contributed by atoms with E-state index >= 15 is 0 Å². The van der Waals surface area contributed by atoms with Gasteiger partial charge in [-0.2, -0.15) is 5.10 Å². The first-order valence-corrected chi connectivity index (χ1v) is 7.50. The van der Waals surface area contributed by atoms with E-state index in [0.29, 0.717) is 11.3 Å². The van der Waals surface area contributed by atoms with Crippen LogP contribution in [0.4, 0.5) is 0 Å². The number of nitrogens with zero attached hydrogens (tertiary/aromatic N) is 1.